The predicted octanol–water partition coefficient (Wildman–Crippen LogP) is 9.40. The second-order valence-corrected chi connectivity index (χ2v) is 15.8. The number of aromatic nitrogens is 3. The van der Waals surface area contributed by atoms with Gasteiger partial charge in [0.15, 0.2) is 5.65 Å². The van der Waals surface area contributed by atoms with Gasteiger partial charge >= 0.3 is 6.09 Å². The van der Waals surface area contributed by atoms with Crippen molar-refractivity contribution >= 4 is 79.5 Å². The van der Waals surface area contributed by atoms with Gasteiger partial charge in [-0.25, -0.2) is 19.7 Å². The molecule has 0 saturated carbocycles. The van der Waals surface area contributed by atoms with Crippen LogP contribution in [0.3, 0.4) is 0 Å². The first-order valence-electron chi connectivity index (χ1n) is 17.0. The highest BCUT2D eigenvalue weighted by molar-refractivity contribution is 9.10. The van der Waals surface area contributed by atoms with Crippen LogP contribution in [0.4, 0.5) is 27.7 Å². The van der Waals surface area contributed by atoms with E-state index in [4.69, 9.17) is 9.72 Å². The van der Waals surface area contributed by atoms with E-state index < -0.39 is 17.7 Å². The van der Waals surface area contributed by atoms with Crippen molar-refractivity contribution < 1.29 is 19.1 Å². The van der Waals surface area contributed by atoms with E-state index in [0.29, 0.717) is 47.1 Å². The van der Waals surface area contributed by atoms with Gasteiger partial charge < -0.3 is 20.7 Å². The van der Waals surface area contributed by atoms with Crippen LogP contribution < -0.4 is 16.0 Å². The zero-order chi connectivity index (χ0) is 37.0. The third-order valence-electron chi connectivity index (χ3n) is 8.20. The van der Waals surface area contributed by atoms with Crippen LogP contribution >= 0.6 is 27.7 Å². The number of carbonyl (C=O) groups is 3. The molecule has 0 radical (unpaired) electrons. The molecule has 268 valence electrons. The number of hydrogen-bond donors (Lipinski definition) is 3. The Morgan fingerprint density at radius 3 is 2.46 bits per heavy atom. The fourth-order valence-corrected chi connectivity index (χ4v) is 7.04. The van der Waals surface area contributed by atoms with Crippen LogP contribution in [0.1, 0.15) is 69.4 Å². The van der Waals surface area contributed by atoms with E-state index in [0.717, 1.165) is 31.8 Å². The molecular weight excluding hydrogens is 742 g/mol. The fraction of sp³-hybridized carbons (Fsp3) is 0.282. The Balaban J connectivity index is 1.27. The van der Waals surface area contributed by atoms with E-state index in [2.05, 4.69) is 55.7 Å². The summed E-state index contributed by atoms with van der Waals surface area (Å²) >= 11 is 4.92. The van der Waals surface area contributed by atoms with Gasteiger partial charge in [-0.2, -0.15) is 0 Å². The molecule has 11 nitrogen and oxygen atoms in total. The number of ether oxygens (including phenoxy) is 1. The Kier molecular flexibility index (Phi) is 11.1. The van der Waals surface area contributed by atoms with Crippen molar-refractivity contribution in [3.05, 3.63) is 101 Å². The lowest BCUT2D eigenvalue weighted by atomic mass is 10.1. The van der Waals surface area contributed by atoms with Crippen molar-refractivity contribution in [3.63, 3.8) is 0 Å². The molecular formula is C39H40BrN7O4S. The van der Waals surface area contributed by atoms with Gasteiger partial charge in [-0.05, 0) is 106 Å². The van der Waals surface area contributed by atoms with Crippen LogP contribution in [-0.4, -0.2) is 55.9 Å². The van der Waals surface area contributed by atoms with Crippen molar-refractivity contribution in [3.8, 4) is 0 Å². The summed E-state index contributed by atoms with van der Waals surface area (Å²) in [5.41, 5.74) is 3.18. The lowest BCUT2D eigenvalue weighted by molar-refractivity contribution is -0.120. The lowest BCUT2D eigenvalue weighted by Crippen LogP contribution is -2.45. The van der Waals surface area contributed by atoms with Crippen LogP contribution in [-0.2, 0) is 9.53 Å². The van der Waals surface area contributed by atoms with Crippen molar-refractivity contribution in [1.82, 2.24) is 19.9 Å². The molecule has 1 saturated heterocycles. The Bertz CT molecular complexity index is 2140. The van der Waals surface area contributed by atoms with Crippen LogP contribution in [0.15, 0.2) is 99.5 Å². The number of anilines is 4. The number of rotatable bonds is 9. The molecule has 1 unspecified atom stereocenters. The molecule has 5 aromatic rings. The van der Waals surface area contributed by atoms with Crippen molar-refractivity contribution in [2.45, 2.75) is 74.8 Å². The first kappa shape index (κ1) is 36.8. The second-order valence-electron chi connectivity index (χ2n) is 13.7. The monoisotopic (exact) mass is 781 g/mol. The average molecular weight is 783 g/mol. The van der Waals surface area contributed by atoms with Gasteiger partial charge in [0.05, 0.1) is 11.1 Å². The summed E-state index contributed by atoms with van der Waals surface area (Å²) in [7, 11) is 0. The molecule has 3 amide bonds. The van der Waals surface area contributed by atoms with Gasteiger partial charge in [-0.1, -0.05) is 53.7 Å². The molecule has 6 rings (SSSR count). The number of fused-ring (bicyclic) bond motifs is 1. The van der Waals surface area contributed by atoms with E-state index in [1.54, 1.807) is 12.1 Å². The van der Waals surface area contributed by atoms with Crippen LogP contribution in [0.25, 0.3) is 11.0 Å². The molecule has 2 aromatic heterocycles. The Hall–Kier alpha value is -5.01. The fourth-order valence-electron chi connectivity index (χ4n) is 5.70. The van der Waals surface area contributed by atoms with E-state index in [-0.39, 0.29) is 17.7 Å². The number of benzene rings is 3. The minimum absolute atomic E-state index is 0.238. The topological polar surface area (TPSA) is 138 Å². The summed E-state index contributed by atoms with van der Waals surface area (Å²) in [4.78, 5) is 56.5. The molecule has 0 spiro atoms. The van der Waals surface area contributed by atoms with Gasteiger partial charge in [-0.3, -0.25) is 14.5 Å². The normalized spacial score (nSPS) is 14.4. The molecule has 1 aliphatic heterocycles. The van der Waals surface area contributed by atoms with Gasteiger partial charge in [-0.15, -0.1) is 0 Å². The Labute approximate surface area is 315 Å². The molecule has 3 aromatic carbocycles. The summed E-state index contributed by atoms with van der Waals surface area (Å²) in [6.07, 6.45) is 2.26. The quantitative estimate of drug-likeness (QED) is 0.134. The van der Waals surface area contributed by atoms with Crippen LogP contribution in [0, 0.1) is 0 Å². The van der Waals surface area contributed by atoms with E-state index in [1.807, 2.05) is 87.5 Å². The number of nitrogens with one attached hydrogen (secondary N) is 3. The minimum Gasteiger partial charge on any atom is -0.444 e. The molecule has 3 N–H and O–H groups in total. The molecule has 1 aliphatic rings. The number of pyridine rings is 1. The van der Waals surface area contributed by atoms with Crippen LogP contribution in [0.5, 0.6) is 0 Å². The number of nitrogens with zero attached hydrogens (tertiary/aromatic N) is 4. The Morgan fingerprint density at radius 1 is 0.942 bits per heavy atom. The highest BCUT2D eigenvalue weighted by Gasteiger charge is 2.36. The summed E-state index contributed by atoms with van der Waals surface area (Å²) in [5, 5.41) is 10.2. The summed E-state index contributed by atoms with van der Waals surface area (Å²) in [6.45, 7) is 10.0. The predicted molar refractivity (Wildman–Crippen MR) is 208 cm³/mol. The van der Waals surface area contributed by atoms with Crippen molar-refractivity contribution in [1.29, 1.82) is 0 Å². The van der Waals surface area contributed by atoms with Crippen molar-refractivity contribution in [2.75, 3.05) is 22.5 Å². The zero-order valence-electron chi connectivity index (χ0n) is 29.6. The maximum atomic E-state index is 13.4. The van der Waals surface area contributed by atoms with Gasteiger partial charge in [0, 0.05) is 43.4 Å². The number of likely N-dealkylation sites (tertiary alicyclic amines) is 1. The maximum absolute atomic E-state index is 13.4. The summed E-state index contributed by atoms with van der Waals surface area (Å²) < 4.78 is 6.40. The van der Waals surface area contributed by atoms with Crippen LogP contribution in [0.2, 0.25) is 0 Å². The van der Waals surface area contributed by atoms with Gasteiger partial charge in [0.1, 0.15) is 23.8 Å². The van der Waals surface area contributed by atoms with Crippen molar-refractivity contribution in [2.24, 2.45) is 0 Å². The van der Waals surface area contributed by atoms with E-state index in [9.17, 15) is 14.4 Å². The molecule has 0 bridgehead atoms. The lowest BCUT2D eigenvalue weighted by Gasteiger charge is -2.28. The molecule has 1 atom stereocenters. The third kappa shape index (κ3) is 9.07. The first-order valence-corrected chi connectivity index (χ1v) is 18.6. The largest absolute Gasteiger partial charge is 0.444 e. The molecule has 52 heavy (non-hydrogen) atoms. The highest BCUT2D eigenvalue weighted by Crippen LogP contribution is 2.38. The smallest absolute Gasteiger partial charge is 0.410 e. The zero-order valence-corrected chi connectivity index (χ0v) is 32.0. The summed E-state index contributed by atoms with van der Waals surface area (Å²) in [6, 6.07) is 23.6. The average Bonchev–Trinajstić information content (AvgIpc) is 3.59. The minimum atomic E-state index is -0.657. The number of hydrogen-bond acceptors (Lipinski definition) is 9. The molecule has 13 heteroatoms. The first-order chi connectivity index (χ1) is 24.8. The second kappa shape index (κ2) is 15.7. The highest BCUT2D eigenvalue weighted by atomic mass is 79.9. The van der Waals surface area contributed by atoms with Gasteiger partial charge in [0.25, 0.3) is 5.91 Å². The summed E-state index contributed by atoms with van der Waals surface area (Å²) in [5.74, 6) is 0.247. The molecule has 1 fully saturated rings. The van der Waals surface area contributed by atoms with Gasteiger partial charge in [0.2, 0.25) is 5.91 Å². The Morgan fingerprint density at radius 2 is 1.71 bits per heavy atom. The standard InChI is InChI=1S/C39H40BrN7O4S/c1-23(2)30-16-15-29-34(45-30)41-22-42-35(29)46-31-19-24(36(48)43-26-10-6-9-25(40)20-26)14-17-33(31)52-28-12-7-11-27(21-28)44-37(49)32-13-8-18-47(32)38(50)51-39(3,4)5/h6-7,9-12,14-17,19-23,32H,8,13,18H2,1-5H3,(H,43,48)(H,44,49)(H,41,42,45,46). The SMILES string of the molecule is CC(C)c1ccc2c(Nc3cc(C(=O)Nc4cccc(Br)c4)ccc3Sc3cccc(NC(=O)C4CCCN4C(=O)OC(C)(C)C)c3)ncnc2n1. The number of carbonyl (C=O) groups excluding carboxylic acids is 3. The van der Waals surface area contributed by atoms with E-state index >= 15 is 0 Å². The number of halogens is 1. The van der Waals surface area contributed by atoms with E-state index in [1.165, 1.54) is 23.0 Å². The maximum Gasteiger partial charge on any atom is 0.410 e. The third-order valence-corrected chi connectivity index (χ3v) is 9.76. The molecule has 3 heterocycles. The number of amides is 3. The molecule has 0 aliphatic carbocycles.